The van der Waals surface area contributed by atoms with E-state index in [9.17, 15) is 4.79 Å². The third-order valence-corrected chi connectivity index (χ3v) is 4.97. The Morgan fingerprint density at radius 1 is 1.08 bits per heavy atom. The van der Waals surface area contributed by atoms with Gasteiger partial charge in [-0.2, -0.15) is 0 Å². The SMILES string of the molecule is COc1ccc(N2C(=O)/C(=C/c3cc(C)cc(C)c3)SC2=S)cc1. The Labute approximate surface area is 151 Å². The van der Waals surface area contributed by atoms with Crippen molar-refractivity contribution in [3.63, 3.8) is 0 Å². The van der Waals surface area contributed by atoms with Crippen molar-refractivity contribution < 1.29 is 9.53 Å². The van der Waals surface area contributed by atoms with Crippen LogP contribution in [0.15, 0.2) is 47.4 Å². The first-order valence-corrected chi connectivity index (χ1v) is 8.71. The molecule has 2 aromatic rings. The molecule has 0 N–H and O–H groups in total. The number of amides is 1. The van der Waals surface area contributed by atoms with Gasteiger partial charge in [0.25, 0.3) is 5.91 Å². The highest BCUT2D eigenvalue weighted by molar-refractivity contribution is 8.27. The molecule has 1 amide bonds. The topological polar surface area (TPSA) is 29.5 Å². The van der Waals surface area contributed by atoms with Crippen LogP contribution >= 0.6 is 24.0 Å². The maximum Gasteiger partial charge on any atom is 0.270 e. The predicted molar refractivity (Wildman–Crippen MR) is 105 cm³/mol. The van der Waals surface area contributed by atoms with Crippen molar-refractivity contribution in [3.8, 4) is 5.75 Å². The van der Waals surface area contributed by atoms with E-state index in [2.05, 4.69) is 18.2 Å². The first kappa shape index (κ1) is 16.7. The second kappa shape index (κ2) is 6.79. The van der Waals surface area contributed by atoms with Gasteiger partial charge in [0.1, 0.15) is 5.75 Å². The van der Waals surface area contributed by atoms with Crippen molar-refractivity contribution in [2.75, 3.05) is 12.0 Å². The fourth-order valence-corrected chi connectivity index (χ4v) is 3.97. The van der Waals surface area contributed by atoms with Gasteiger partial charge in [-0.05, 0) is 49.8 Å². The molecule has 24 heavy (non-hydrogen) atoms. The van der Waals surface area contributed by atoms with Crippen LogP contribution < -0.4 is 9.64 Å². The number of aryl methyl sites for hydroxylation is 2. The highest BCUT2D eigenvalue weighted by Gasteiger charge is 2.33. The molecule has 1 fully saturated rings. The maximum absolute atomic E-state index is 12.8. The number of benzene rings is 2. The second-order valence-electron chi connectivity index (χ2n) is 5.64. The number of ether oxygens (including phenoxy) is 1. The molecule has 1 heterocycles. The van der Waals surface area contributed by atoms with Crippen molar-refractivity contribution in [1.82, 2.24) is 0 Å². The van der Waals surface area contributed by atoms with Crippen LogP contribution in [0.1, 0.15) is 16.7 Å². The molecule has 0 aliphatic carbocycles. The smallest absolute Gasteiger partial charge is 0.270 e. The van der Waals surface area contributed by atoms with Crippen LogP contribution in [0.3, 0.4) is 0 Å². The van der Waals surface area contributed by atoms with Gasteiger partial charge in [-0.1, -0.05) is 53.3 Å². The minimum absolute atomic E-state index is 0.0886. The average Bonchev–Trinajstić information content (AvgIpc) is 2.80. The average molecular weight is 355 g/mol. The minimum Gasteiger partial charge on any atom is -0.497 e. The first-order chi connectivity index (χ1) is 11.5. The molecular weight excluding hydrogens is 338 g/mol. The molecule has 1 aliphatic heterocycles. The lowest BCUT2D eigenvalue weighted by Gasteiger charge is -2.14. The van der Waals surface area contributed by atoms with E-state index < -0.39 is 0 Å². The Kier molecular flexibility index (Phi) is 4.73. The first-order valence-electron chi connectivity index (χ1n) is 7.48. The molecule has 1 saturated heterocycles. The number of methoxy groups -OCH3 is 1. The van der Waals surface area contributed by atoms with Crippen LogP contribution in [0.5, 0.6) is 5.75 Å². The Balaban J connectivity index is 1.91. The van der Waals surface area contributed by atoms with Gasteiger partial charge in [0, 0.05) is 0 Å². The Bertz CT molecular complexity index is 821. The van der Waals surface area contributed by atoms with Crippen LogP contribution in [0, 0.1) is 13.8 Å². The number of anilines is 1. The summed E-state index contributed by atoms with van der Waals surface area (Å²) >= 11 is 6.73. The van der Waals surface area contributed by atoms with E-state index in [1.807, 2.05) is 44.2 Å². The third-order valence-electron chi connectivity index (χ3n) is 3.67. The van der Waals surface area contributed by atoms with Gasteiger partial charge in [-0.15, -0.1) is 0 Å². The van der Waals surface area contributed by atoms with E-state index in [1.54, 1.807) is 12.0 Å². The van der Waals surface area contributed by atoms with E-state index in [0.717, 1.165) is 17.0 Å². The van der Waals surface area contributed by atoms with Crippen LogP contribution in [-0.4, -0.2) is 17.3 Å². The number of carbonyl (C=O) groups is 1. The summed E-state index contributed by atoms with van der Waals surface area (Å²) in [5.41, 5.74) is 4.11. The van der Waals surface area contributed by atoms with Crippen LogP contribution in [0.25, 0.3) is 6.08 Å². The number of rotatable bonds is 3. The van der Waals surface area contributed by atoms with Gasteiger partial charge in [0.2, 0.25) is 0 Å². The number of hydrogen-bond donors (Lipinski definition) is 0. The van der Waals surface area contributed by atoms with Crippen LogP contribution in [0.4, 0.5) is 5.69 Å². The van der Waals surface area contributed by atoms with Crippen LogP contribution in [0.2, 0.25) is 0 Å². The maximum atomic E-state index is 12.8. The van der Waals surface area contributed by atoms with Gasteiger partial charge >= 0.3 is 0 Å². The number of thioether (sulfide) groups is 1. The molecule has 0 bridgehead atoms. The summed E-state index contributed by atoms with van der Waals surface area (Å²) in [5, 5.41) is 0. The lowest BCUT2D eigenvalue weighted by Crippen LogP contribution is -2.27. The van der Waals surface area contributed by atoms with E-state index >= 15 is 0 Å². The molecule has 1 aliphatic rings. The zero-order valence-corrected chi connectivity index (χ0v) is 15.3. The second-order valence-corrected chi connectivity index (χ2v) is 7.31. The summed E-state index contributed by atoms with van der Waals surface area (Å²) in [4.78, 5) is 15.0. The molecule has 3 rings (SSSR count). The largest absolute Gasteiger partial charge is 0.497 e. The molecule has 0 spiro atoms. The Morgan fingerprint density at radius 2 is 1.71 bits per heavy atom. The Morgan fingerprint density at radius 3 is 2.29 bits per heavy atom. The van der Waals surface area contributed by atoms with E-state index in [-0.39, 0.29) is 5.91 Å². The van der Waals surface area contributed by atoms with Crippen molar-refractivity contribution >= 4 is 46.0 Å². The zero-order chi connectivity index (χ0) is 17.3. The molecule has 0 unspecified atom stereocenters. The quantitative estimate of drug-likeness (QED) is 0.589. The lowest BCUT2D eigenvalue weighted by molar-refractivity contribution is -0.113. The number of carbonyl (C=O) groups excluding carboxylic acids is 1. The summed E-state index contributed by atoms with van der Waals surface area (Å²) in [5.74, 6) is 0.657. The van der Waals surface area contributed by atoms with E-state index in [4.69, 9.17) is 17.0 Å². The third kappa shape index (κ3) is 3.37. The standard InChI is InChI=1S/C19H17NO2S2/c1-12-8-13(2)10-14(9-12)11-17-18(21)20(19(23)24-17)15-4-6-16(22-3)7-5-15/h4-11H,1-3H3/b17-11-. The van der Waals surface area contributed by atoms with Gasteiger partial charge < -0.3 is 4.74 Å². The molecule has 0 radical (unpaired) electrons. The molecule has 5 heteroatoms. The summed E-state index contributed by atoms with van der Waals surface area (Å²) < 4.78 is 5.70. The monoisotopic (exact) mass is 355 g/mol. The molecule has 2 aromatic carbocycles. The molecular formula is C19H17NO2S2. The number of hydrogen-bond acceptors (Lipinski definition) is 4. The van der Waals surface area contributed by atoms with Gasteiger partial charge in [0.15, 0.2) is 4.32 Å². The number of thiocarbonyl (C=S) groups is 1. The van der Waals surface area contributed by atoms with Gasteiger partial charge in [0.05, 0.1) is 17.7 Å². The summed E-state index contributed by atoms with van der Waals surface area (Å²) in [6.45, 7) is 4.10. The van der Waals surface area contributed by atoms with Crippen molar-refractivity contribution in [2.45, 2.75) is 13.8 Å². The van der Waals surface area contributed by atoms with Crippen molar-refractivity contribution in [2.24, 2.45) is 0 Å². The minimum atomic E-state index is -0.0886. The van der Waals surface area contributed by atoms with Crippen molar-refractivity contribution in [1.29, 1.82) is 0 Å². The normalized spacial score (nSPS) is 16.1. The fourth-order valence-electron chi connectivity index (χ4n) is 2.67. The lowest BCUT2D eigenvalue weighted by atomic mass is 10.1. The predicted octanol–water partition coefficient (Wildman–Crippen LogP) is 4.72. The Hall–Kier alpha value is -2.11. The van der Waals surface area contributed by atoms with Gasteiger partial charge in [-0.25, -0.2) is 0 Å². The fraction of sp³-hybridized carbons (Fsp3) is 0.158. The zero-order valence-electron chi connectivity index (χ0n) is 13.7. The summed E-state index contributed by atoms with van der Waals surface area (Å²) in [6.07, 6.45) is 1.91. The van der Waals surface area contributed by atoms with E-state index in [1.165, 1.54) is 22.9 Å². The highest BCUT2D eigenvalue weighted by atomic mass is 32.2. The molecule has 0 aromatic heterocycles. The van der Waals surface area contributed by atoms with Crippen LogP contribution in [-0.2, 0) is 4.79 Å². The highest BCUT2D eigenvalue weighted by Crippen LogP contribution is 2.36. The number of nitrogens with zero attached hydrogens (tertiary/aromatic N) is 1. The molecule has 122 valence electrons. The molecule has 3 nitrogen and oxygen atoms in total. The van der Waals surface area contributed by atoms with Crippen molar-refractivity contribution in [3.05, 3.63) is 64.1 Å². The molecule has 0 atom stereocenters. The summed E-state index contributed by atoms with van der Waals surface area (Å²) in [6, 6.07) is 13.6. The van der Waals surface area contributed by atoms with E-state index in [0.29, 0.717) is 9.23 Å². The molecule has 0 saturated carbocycles. The van der Waals surface area contributed by atoms with Gasteiger partial charge in [-0.3, -0.25) is 9.69 Å². The summed E-state index contributed by atoms with van der Waals surface area (Å²) in [7, 11) is 1.61.